The van der Waals surface area contributed by atoms with Crippen LogP contribution in [0.1, 0.15) is 25.3 Å². The molecule has 6 rings (SSSR count). The number of pyridine rings is 1. The Morgan fingerprint density at radius 3 is 2.52 bits per heavy atom. The zero-order valence-electron chi connectivity index (χ0n) is 25.4. The van der Waals surface area contributed by atoms with Crippen molar-refractivity contribution in [3.8, 4) is 17.1 Å². The third-order valence-electron chi connectivity index (χ3n) is 8.51. The first kappa shape index (κ1) is 30.2. The first-order valence-electron chi connectivity index (χ1n) is 15.4. The number of likely N-dealkylation sites (tertiary alicyclic amines) is 1. The molecule has 10 nitrogen and oxygen atoms in total. The Morgan fingerprint density at radius 1 is 1.05 bits per heavy atom. The fourth-order valence-corrected chi connectivity index (χ4v) is 6.15. The maximum Gasteiger partial charge on any atom is 0.242 e. The molecule has 2 saturated heterocycles. The van der Waals surface area contributed by atoms with Crippen molar-refractivity contribution in [2.75, 3.05) is 69.8 Å². The van der Waals surface area contributed by atoms with Crippen molar-refractivity contribution in [1.29, 1.82) is 0 Å². The summed E-state index contributed by atoms with van der Waals surface area (Å²) in [5, 5.41) is 4.27. The van der Waals surface area contributed by atoms with Crippen LogP contribution < -0.4 is 15.0 Å². The second-order valence-electron chi connectivity index (χ2n) is 11.4. The van der Waals surface area contributed by atoms with Crippen molar-refractivity contribution in [3.05, 3.63) is 65.3 Å². The topological polar surface area (TPSA) is 98.8 Å². The zero-order chi connectivity index (χ0) is 30.5. The highest BCUT2D eigenvalue weighted by Crippen LogP contribution is 2.33. The van der Waals surface area contributed by atoms with Gasteiger partial charge in [0, 0.05) is 63.2 Å². The van der Waals surface area contributed by atoms with Gasteiger partial charge in [-0.3, -0.25) is 9.69 Å². The number of rotatable bonds is 11. The normalized spacial score (nSPS) is 16.6. The van der Waals surface area contributed by atoms with Gasteiger partial charge in [-0.25, -0.2) is 9.97 Å². The Hall–Kier alpha value is -3.86. The summed E-state index contributed by atoms with van der Waals surface area (Å²) in [6, 6.07) is 16.8. The number of hydrogen-bond donors (Lipinski definition) is 2. The van der Waals surface area contributed by atoms with Gasteiger partial charge in [-0.05, 0) is 61.7 Å². The largest absolute Gasteiger partial charge is 0.497 e. The Kier molecular flexibility index (Phi) is 9.49. The second-order valence-corrected chi connectivity index (χ2v) is 11.8. The lowest BCUT2D eigenvalue weighted by molar-refractivity contribution is -0.131. The van der Waals surface area contributed by atoms with Crippen LogP contribution in [0.2, 0.25) is 5.02 Å². The van der Waals surface area contributed by atoms with E-state index in [1.54, 1.807) is 13.3 Å². The highest BCUT2D eigenvalue weighted by molar-refractivity contribution is 6.34. The molecule has 2 aliphatic heterocycles. The number of halogens is 1. The molecule has 232 valence electrons. The number of hydrogen-bond acceptors (Lipinski definition) is 8. The summed E-state index contributed by atoms with van der Waals surface area (Å²) in [6.07, 6.45) is 3.70. The number of methoxy groups -OCH3 is 1. The van der Waals surface area contributed by atoms with Gasteiger partial charge in [0.15, 0.2) is 5.65 Å². The zero-order valence-corrected chi connectivity index (χ0v) is 26.1. The van der Waals surface area contributed by atoms with Crippen LogP contribution in [0.25, 0.3) is 22.6 Å². The van der Waals surface area contributed by atoms with Crippen molar-refractivity contribution in [2.24, 2.45) is 0 Å². The monoisotopic (exact) mass is 617 g/mol. The lowest BCUT2D eigenvalue weighted by Gasteiger charge is -2.35. The molecular weight excluding hydrogens is 578 g/mol. The van der Waals surface area contributed by atoms with E-state index in [9.17, 15) is 4.79 Å². The predicted molar refractivity (Wildman–Crippen MR) is 175 cm³/mol. The minimum absolute atomic E-state index is 0.128. The van der Waals surface area contributed by atoms with E-state index in [0.717, 1.165) is 73.0 Å². The number of ether oxygens (including phenoxy) is 2. The summed E-state index contributed by atoms with van der Waals surface area (Å²) in [5.41, 5.74) is 5.54. The number of anilines is 2. The van der Waals surface area contributed by atoms with Gasteiger partial charge in [0.1, 0.15) is 17.1 Å². The number of carbonyl (C=O) groups excluding carboxylic acids is 1. The molecule has 4 heterocycles. The molecule has 0 unspecified atom stereocenters. The number of aromatic amines is 1. The fraction of sp³-hybridized carbons (Fsp3) is 0.424. The first-order chi connectivity index (χ1) is 21.5. The summed E-state index contributed by atoms with van der Waals surface area (Å²) in [5.74, 6) is 1.74. The number of aromatic nitrogens is 3. The minimum Gasteiger partial charge on any atom is -0.497 e. The molecule has 0 spiro atoms. The molecule has 11 heteroatoms. The van der Waals surface area contributed by atoms with E-state index in [4.69, 9.17) is 26.1 Å². The highest BCUT2D eigenvalue weighted by atomic mass is 35.5. The van der Waals surface area contributed by atoms with Crippen LogP contribution in [0.4, 0.5) is 11.4 Å². The van der Waals surface area contributed by atoms with Crippen molar-refractivity contribution >= 4 is 40.0 Å². The Bertz CT molecular complexity index is 1550. The van der Waals surface area contributed by atoms with Gasteiger partial charge < -0.3 is 29.6 Å². The number of H-pyrrole nitrogens is 1. The van der Waals surface area contributed by atoms with Gasteiger partial charge in [-0.2, -0.15) is 0 Å². The van der Waals surface area contributed by atoms with Gasteiger partial charge in [-0.1, -0.05) is 23.7 Å². The Balaban J connectivity index is 1.08. The SMILES string of the molecule is CCOCCN1CCN(c2ccc(-c3nc4ncc(Cl)c(NC5CCN(Cc6ccc(OC)cc6)CC5)c4[nH]3)cc2)CC1=O. The van der Waals surface area contributed by atoms with Crippen molar-refractivity contribution in [3.63, 3.8) is 0 Å². The van der Waals surface area contributed by atoms with Crippen molar-refractivity contribution in [2.45, 2.75) is 32.4 Å². The Morgan fingerprint density at radius 2 is 1.82 bits per heavy atom. The molecule has 4 aromatic rings. The van der Waals surface area contributed by atoms with E-state index in [0.29, 0.717) is 49.6 Å². The lowest BCUT2D eigenvalue weighted by atomic mass is 10.0. The van der Waals surface area contributed by atoms with E-state index in [1.165, 1.54) is 5.56 Å². The summed E-state index contributed by atoms with van der Waals surface area (Å²) in [4.78, 5) is 31.9. The minimum atomic E-state index is 0.128. The molecule has 2 aliphatic rings. The number of piperazine rings is 1. The van der Waals surface area contributed by atoms with E-state index >= 15 is 0 Å². The first-order valence-corrected chi connectivity index (χ1v) is 15.8. The molecule has 0 saturated carbocycles. The molecule has 2 fully saturated rings. The van der Waals surface area contributed by atoms with Crippen molar-refractivity contribution < 1.29 is 14.3 Å². The van der Waals surface area contributed by atoms with Crippen LogP contribution >= 0.6 is 11.6 Å². The molecule has 0 bridgehead atoms. The Labute approximate surface area is 263 Å². The van der Waals surface area contributed by atoms with E-state index < -0.39 is 0 Å². The number of benzene rings is 2. The van der Waals surface area contributed by atoms with Crippen molar-refractivity contribution in [1.82, 2.24) is 24.8 Å². The molecule has 44 heavy (non-hydrogen) atoms. The molecule has 2 aromatic carbocycles. The summed E-state index contributed by atoms with van der Waals surface area (Å²) in [7, 11) is 1.69. The number of imidazole rings is 1. The fourth-order valence-electron chi connectivity index (χ4n) is 5.95. The van der Waals surface area contributed by atoms with E-state index in [-0.39, 0.29) is 5.91 Å². The maximum absolute atomic E-state index is 12.7. The molecule has 0 radical (unpaired) electrons. The number of amides is 1. The van der Waals surface area contributed by atoms with E-state index in [2.05, 4.69) is 37.2 Å². The third-order valence-corrected chi connectivity index (χ3v) is 8.80. The van der Waals surface area contributed by atoms with Gasteiger partial charge in [0.2, 0.25) is 5.91 Å². The predicted octanol–water partition coefficient (Wildman–Crippen LogP) is 5.05. The number of nitrogens with one attached hydrogen (secondary N) is 2. The molecule has 1 amide bonds. The summed E-state index contributed by atoms with van der Waals surface area (Å²) >= 11 is 6.67. The average molecular weight is 618 g/mol. The maximum atomic E-state index is 12.7. The van der Waals surface area contributed by atoms with E-state index in [1.807, 2.05) is 48.2 Å². The highest BCUT2D eigenvalue weighted by Gasteiger charge is 2.25. The summed E-state index contributed by atoms with van der Waals surface area (Å²) < 4.78 is 10.7. The van der Waals surface area contributed by atoms with Crippen LogP contribution in [0.5, 0.6) is 5.75 Å². The molecular formula is C33H40ClN7O3. The van der Waals surface area contributed by atoms with Crippen LogP contribution in [0.15, 0.2) is 54.7 Å². The molecule has 0 atom stereocenters. The number of fused-ring (bicyclic) bond motifs is 1. The lowest BCUT2D eigenvalue weighted by Crippen LogP contribution is -2.51. The van der Waals surface area contributed by atoms with Crippen LogP contribution in [-0.4, -0.2) is 96.3 Å². The van der Waals surface area contributed by atoms with Crippen LogP contribution in [-0.2, 0) is 16.1 Å². The molecule has 2 aromatic heterocycles. The molecule has 2 N–H and O–H groups in total. The summed E-state index contributed by atoms with van der Waals surface area (Å²) in [6.45, 7) is 8.65. The second kappa shape index (κ2) is 13.8. The van der Waals surface area contributed by atoms with Crippen LogP contribution in [0.3, 0.4) is 0 Å². The van der Waals surface area contributed by atoms with Gasteiger partial charge in [0.25, 0.3) is 0 Å². The third kappa shape index (κ3) is 6.93. The molecule has 0 aliphatic carbocycles. The number of piperidine rings is 1. The van der Waals surface area contributed by atoms with Gasteiger partial charge in [0.05, 0.1) is 37.2 Å². The van der Waals surface area contributed by atoms with Gasteiger partial charge in [-0.15, -0.1) is 0 Å². The standard InChI is InChI=1S/C33H40ClN7O3/c1-3-44-19-18-40-16-17-41(22-29(40)42)26-8-6-24(7-9-26)32-37-31-30(28(34)20-35-33(31)38-32)36-25-12-14-39(15-13-25)21-23-4-10-27(43-2)11-5-23/h4-11,20,25H,3,12-19,21-22H2,1-2H3,(H2,35,36,37,38). The quantitative estimate of drug-likeness (QED) is 0.226. The smallest absolute Gasteiger partial charge is 0.242 e. The van der Waals surface area contributed by atoms with Crippen LogP contribution in [0, 0.1) is 0 Å². The number of carbonyl (C=O) groups is 1. The average Bonchev–Trinajstić information content (AvgIpc) is 3.49. The van der Waals surface area contributed by atoms with Gasteiger partial charge >= 0.3 is 0 Å². The number of nitrogens with zero attached hydrogens (tertiary/aromatic N) is 5.